The van der Waals surface area contributed by atoms with Crippen molar-refractivity contribution < 1.29 is 28.8 Å². The number of nitrogens with one attached hydrogen (secondary N) is 2. The molecule has 1 aromatic carbocycles. The van der Waals surface area contributed by atoms with Crippen molar-refractivity contribution >= 4 is 40.2 Å². The van der Waals surface area contributed by atoms with Gasteiger partial charge in [-0.3, -0.25) is 24.0 Å². The highest BCUT2D eigenvalue weighted by Gasteiger charge is 2.41. The average Bonchev–Trinajstić information content (AvgIpc) is 3.66. The molecule has 3 heterocycles. The molecule has 2 N–H and O–H groups in total. The molecule has 5 atom stereocenters. The summed E-state index contributed by atoms with van der Waals surface area (Å²) in [5.74, 6) is -1.68. The fourth-order valence-electron chi connectivity index (χ4n) is 6.50. The molecule has 240 valence electrons. The molecular weight excluding hydrogens is 560 g/mol. The molecule has 2 aliphatic heterocycles. The number of fused-ring (bicyclic) bond motifs is 2. The van der Waals surface area contributed by atoms with E-state index in [0.717, 1.165) is 29.3 Å². The van der Waals surface area contributed by atoms with Crippen LogP contribution >= 0.6 is 0 Å². The molecule has 0 spiro atoms. The van der Waals surface area contributed by atoms with Crippen LogP contribution in [0.1, 0.15) is 90.5 Å². The van der Waals surface area contributed by atoms with Crippen LogP contribution in [-0.4, -0.2) is 70.7 Å². The van der Waals surface area contributed by atoms with Gasteiger partial charge in [-0.15, -0.1) is 0 Å². The summed E-state index contributed by atoms with van der Waals surface area (Å²) in [5, 5.41) is 6.86. The number of hydrogen-bond donors (Lipinski definition) is 2. The molecule has 2 aliphatic rings. The highest BCUT2D eigenvalue weighted by Crippen LogP contribution is 2.27. The van der Waals surface area contributed by atoms with E-state index in [1.807, 2.05) is 51.2 Å². The quantitative estimate of drug-likeness (QED) is 0.354. The Labute approximate surface area is 260 Å². The molecule has 44 heavy (non-hydrogen) atoms. The third kappa shape index (κ3) is 7.68. The number of hydrogen-bond acceptors (Lipinski definition) is 6. The normalized spacial score (nSPS) is 23.9. The second-order valence-electron chi connectivity index (χ2n) is 12.4. The number of para-hydroxylation sites is 1. The summed E-state index contributed by atoms with van der Waals surface area (Å²) in [6.07, 6.45) is 7.62. The molecule has 10 nitrogen and oxygen atoms in total. The molecule has 1 unspecified atom stereocenters. The molecule has 0 radical (unpaired) electrons. The average molecular weight is 609 g/mol. The first-order valence-corrected chi connectivity index (χ1v) is 16.3. The van der Waals surface area contributed by atoms with Crippen LogP contribution in [0.2, 0.25) is 0 Å². The van der Waals surface area contributed by atoms with E-state index in [1.54, 1.807) is 16.7 Å². The van der Waals surface area contributed by atoms with E-state index in [4.69, 9.17) is 4.84 Å². The molecule has 0 aliphatic carbocycles. The molecule has 10 heteroatoms. The van der Waals surface area contributed by atoms with Crippen molar-refractivity contribution in [1.82, 2.24) is 20.3 Å². The Morgan fingerprint density at radius 1 is 1.05 bits per heavy atom. The Morgan fingerprint density at radius 3 is 2.55 bits per heavy atom. The van der Waals surface area contributed by atoms with Crippen LogP contribution in [0, 0.1) is 11.8 Å². The predicted molar refractivity (Wildman–Crippen MR) is 168 cm³/mol. The first kappa shape index (κ1) is 33.2. The first-order valence-electron chi connectivity index (χ1n) is 16.3. The van der Waals surface area contributed by atoms with Gasteiger partial charge < -0.3 is 20.4 Å². The third-order valence-corrected chi connectivity index (χ3v) is 9.42. The Hall–Kier alpha value is -3.69. The number of nitrogens with zero attached hydrogens (tertiary/aromatic N) is 2. The lowest BCUT2D eigenvalue weighted by Gasteiger charge is -2.34. The van der Waals surface area contributed by atoms with Gasteiger partial charge in [-0.25, -0.2) is 0 Å². The van der Waals surface area contributed by atoms with E-state index in [1.165, 1.54) is 0 Å². The summed E-state index contributed by atoms with van der Waals surface area (Å²) in [5.41, 5.74) is 1.65. The van der Waals surface area contributed by atoms with Crippen LogP contribution in [0.15, 0.2) is 30.5 Å². The maximum atomic E-state index is 14.0. The summed E-state index contributed by atoms with van der Waals surface area (Å²) in [4.78, 5) is 74.3. The van der Waals surface area contributed by atoms with Crippen LogP contribution in [-0.2, 0) is 30.4 Å². The van der Waals surface area contributed by atoms with Crippen LogP contribution in [0.25, 0.3) is 10.9 Å². The van der Waals surface area contributed by atoms with Crippen molar-refractivity contribution in [3.8, 4) is 0 Å². The lowest BCUT2D eigenvalue weighted by Crippen LogP contribution is -2.59. The monoisotopic (exact) mass is 608 g/mol. The molecular formula is C34H48N4O6. The number of Topliss-reactive ketones (excluding diaryl/α,β-unsaturated/α-hetero) is 2. The lowest BCUT2D eigenvalue weighted by molar-refractivity contribution is -0.144. The molecule has 1 aromatic heterocycles. The molecule has 4 rings (SSSR count). The van der Waals surface area contributed by atoms with E-state index >= 15 is 0 Å². The van der Waals surface area contributed by atoms with Crippen molar-refractivity contribution in [1.29, 1.82) is 0 Å². The number of carbonyl (C=O) groups is 5. The Morgan fingerprint density at radius 2 is 1.82 bits per heavy atom. The van der Waals surface area contributed by atoms with E-state index in [9.17, 15) is 24.0 Å². The van der Waals surface area contributed by atoms with Gasteiger partial charge in [-0.05, 0) is 43.2 Å². The Bertz CT molecular complexity index is 1350. The topological polar surface area (TPSA) is 127 Å². The fraction of sp³-hybridized carbons (Fsp3) is 0.618. The van der Waals surface area contributed by atoms with Gasteiger partial charge in [0.05, 0.1) is 11.6 Å². The van der Waals surface area contributed by atoms with E-state index in [0.29, 0.717) is 51.5 Å². The number of rotatable bonds is 12. The largest absolute Gasteiger partial charge is 0.417 e. The minimum Gasteiger partial charge on any atom is -0.417 e. The van der Waals surface area contributed by atoms with E-state index < -0.39 is 30.0 Å². The SMILES string of the molecule is CCC(=O)CCCCC[C@@H]1CC(=O)[C@H]2CCCN2C(=O)[C@H](C(C)CC)NC(=O)[C@H](Cc2cn(OC)c3ccccc23)NC1=O. The third-order valence-electron chi connectivity index (χ3n) is 9.42. The fourth-order valence-corrected chi connectivity index (χ4v) is 6.50. The molecule has 0 bridgehead atoms. The first-order chi connectivity index (χ1) is 21.2. The predicted octanol–water partition coefficient (Wildman–Crippen LogP) is 3.77. The maximum absolute atomic E-state index is 14.0. The molecule has 2 aromatic rings. The smallest absolute Gasteiger partial charge is 0.246 e. The van der Waals surface area contributed by atoms with Gasteiger partial charge in [-0.1, -0.05) is 58.2 Å². The maximum Gasteiger partial charge on any atom is 0.246 e. The number of aromatic nitrogens is 1. The lowest BCUT2D eigenvalue weighted by atomic mass is 9.90. The highest BCUT2D eigenvalue weighted by molar-refractivity contribution is 5.98. The van der Waals surface area contributed by atoms with Crippen LogP contribution in [0.4, 0.5) is 0 Å². The number of unbranched alkanes of at least 4 members (excludes halogenated alkanes) is 2. The number of carbonyl (C=O) groups excluding carboxylic acids is 5. The molecule has 2 fully saturated rings. The molecule has 3 amide bonds. The summed E-state index contributed by atoms with van der Waals surface area (Å²) in [7, 11) is 1.56. The van der Waals surface area contributed by atoms with Crippen LogP contribution in [0.3, 0.4) is 0 Å². The minimum atomic E-state index is -0.966. The number of ketones is 2. The van der Waals surface area contributed by atoms with Crippen molar-refractivity contribution in [2.45, 2.75) is 110 Å². The van der Waals surface area contributed by atoms with Crippen molar-refractivity contribution in [3.63, 3.8) is 0 Å². The number of amides is 3. The van der Waals surface area contributed by atoms with Gasteiger partial charge in [0.1, 0.15) is 25.0 Å². The van der Waals surface area contributed by atoms with Gasteiger partial charge in [0.25, 0.3) is 0 Å². The van der Waals surface area contributed by atoms with Gasteiger partial charge in [0, 0.05) is 49.7 Å². The standard InChI is InChI=1S/C34H48N4O6/c1-5-22(3)31-34(43)37-18-12-17-29(37)30(40)20-23(13-8-7-9-14-25(39)6-2)32(41)35-27(33(42)36-31)19-24-21-38(44-4)28-16-11-10-15-26(24)28/h10-11,15-16,21-23,27,29,31H,5-9,12-14,17-20H2,1-4H3,(H,35,41)(H,36,42)/t22?,23-,27+,29-,31+/m1/s1. The summed E-state index contributed by atoms with van der Waals surface area (Å²) in [6, 6.07) is 5.32. The zero-order chi connectivity index (χ0) is 31.8. The van der Waals surface area contributed by atoms with Crippen molar-refractivity contribution in [2.24, 2.45) is 11.8 Å². The summed E-state index contributed by atoms with van der Waals surface area (Å²) >= 11 is 0. The van der Waals surface area contributed by atoms with E-state index in [-0.39, 0.29) is 42.1 Å². The summed E-state index contributed by atoms with van der Waals surface area (Å²) < 4.78 is 1.63. The molecule has 2 saturated heterocycles. The molecule has 0 saturated carbocycles. The zero-order valence-corrected chi connectivity index (χ0v) is 26.6. The van der Waals surface area contributed by atoms with E-state index in [2.05, 4.69) is 10.6 Å². The second-order valence-corrected chi connectivity index (χ2v) is 12.4. The van der Waals surface area contributed by atoms with Crippen molar-refractivity contribution in [3.05, 3.63) is 36.0 Å². The minimum absolute atomic E-state index is 0.0134. The van der Waals surface area contributed by atoms with Gasteiger partial charge in [0.15, 0.2) is 5.78 Å². The summed E-state index contributed by atoms with van der Waals surface area (Å²) in [6.45, 7) is 6.20. The van der Waals surface area contributed by atoms with Crippen molar-refractivity contribution in [2.75, 3.05) is 13.7 Å². The van der Waals surface area contributed by atoms with Crippen LogP contribution < -0.4 is 15.5 Å². The number of benzene rings is 1. The van der Waals surface area contributed by atoms with Gasteiger partial charge in [0.2, 0.25) is 17.7 Å². The Kier molecular flexibility index (Phi) is 11.6. The van der Waals surface area contributed by atoms with Gasteiger partial charge in [-0.2, -0.15) is 4.73 Å². The zero-order valence-electron chi connectivity index (χ0n) is 26.6. The van der Waals surface area contributed by atoms with Gasteiger partial charge >= 0.3 is 0 Å². The Balaban J connectivity index is 1.65. The van der Waals surface area contributed by atoms with Crippen LogP contribution in [0.5, 0.6) is 0 Å². The second kappa shape index (κ2) is 15.3. The highest BCUT2D eigenvalue weighted by atomic mass is 16.6.